The van der Waals surface area contributed by atoms with Crippen LogP contribution in [0.25, 0.3) is 0 Å². The van der Waals surface area contributed by atoms with Crippen molar-refractivity contribution in [3.63, 3.8) is 0 Å². The van der Waals surface area contributed by atoms with Gasteiger partial charge in [-0.2, -0.15) is 5.10 Å². The van der Waals surface area contributed by atoms with E-state index in [1.807, 2.05) is 0 Å². The van der Waals surface area contributed by atoms with Crippen molar-refractivity contribution in [2.75, 3.05) is 53.6 Å². The Labute approximate surface area is 215 Å². The Hall–Kier alpha value is -2.96. The Morgan fingerprint density at radius 1 is 1.11 bits per heavy atom. The Bertz CT molecular complexity index is 1310. The number of sulfonamides is 1. The molecule has 1 spiro atoms. The highest BCUT2D eigenvalue weighted by atomic mass is 32.2. The summed E-state index contributed by atoms with van der Waals surface area (Å²) in [6.45, 7) is 2.19. The first-order valence-electron chi connectivity index (χ1n) is 12.8. The number of ether oxygens (including phenoxy) is 1. The van der Waals surface area contributed by atoms with Gasteiger partial charge in [0.05, 0.1) is 35.3 Å². The maximum atomic E-state index is 13.4. The van der Waals surface area contributed by atoms with E-state index in [1.54, 1.807) is 12.1 Å². The molecular formula is C25H33N5O6S. The zero-order chi connectivity index (χ0) is 26.0. The third-order valence-electron chi connectivity index (χ3n) is 7.60. The molecule has 1 saturated carbocycles. The second kappa shape index (κ2) is 10.4. The van der Waals surface area contributed by atoms with Gasteiger partial charge in [0.25, 0.3) is 11.5 Å². The van der Waals surface area contributed by atoms with Crippen LogP contribution >= 0.6 is 0 Å². The first kappa shape index (κ1) is 25.7. The molecule has 0 atom stereocenters. The number of carbonyl (C=O) groups excluding carboxylic acids is 1. The van der Waals surface area contributed by atoms with E-state index in [9.17, 15) is 18.0 Å². The zero-order valence-corrected chi connectivity index (χ0v) is 21.5. The molecule has 3 heterocycles. The van der Waals surface area contributed by atoms with Gasteiger partial charge in [-0.05, 0) is 68.2 Å². The summed E-state index contributed by atoms with van der Waals surface area (Å²) in [5, 5.41) is 16.3. The number of hydrogen-bond acceptors (Lipinski definition) is 8. The predicted octanol–water partition coefficient (Wildman–Crippen LogP) is 1.96. The average molecular weight is 532 g/mol. The summed E-state index contributed by atoms with van der Waals surface area (Å²) in [5.74, 6) is -0.535. The van der Waals surface area contributed by atoms with E-state index in [0.29, 0.717) is 48.4 Å². The molecular weight excluding hydrogens is 498 g/mol. The lowest BCUT2D eigenvalue weighted by atomic mass is 9.93. The number of benzene rings is 1. The zero-order valence-electron chi connectivity index (χ0n) is 20.7. The molecule has 2 saturated heterocycles. The molecule has 3 N–H and O–H groups in total. The van der Waals surface area contributed by atoms with Gasteiger partial charge in [-0.1, -0.05) is 0 Å². The van der Waals surface area contributed by atoms with Crippen LogP contribution in [-0.4, -0.2) is 67.9 Å². The summed E-state index contributed by atoms with van der Waals surface area (Å²) in [4.78, 5) is 28.0. The number of nitrogens with zero attached hydrogens (tertiary/aromatic N) is 3. The number of nitrogens with one attached hydrogen (secondary N) is 2. The van der Waals surface area contributed by atoms with Crippen LogP contribution in [0.4, 0.5) is 17.2 Å². The molecule has 37 heavy (non-hydrogen) atoms. The van der Waals surface area contributed by atoms with Crippen LogP contribution in [0.2, 0.25) is 0 Å². The van der Waals surface area contributed by atoms with Gasteiger partial charge in [-0.3, -0.25) is 14.3 Å². The highest BCUT2D eigenvalue weighted by molar-refractivity contribution is 7.92. The van der Waals surface area contributed by atoms with Crippen molar-refractivity contribution in [3.8, 4) is 0 Å². The molecule has 3 aliphatic rings. The average Bonchev–Trinajstić information content (AvgIpc) is 3.64. The fourth-order valence-corrected chi connectivity index (χ4v) is 5.99. The van der Waals surface area contributed by atoms with Crippen LogP contribution in [0.5, 0.6) is 0 Å². The Morgan fingerprint density at radius 2 is 1.84 bits per heavy atom. The number of hydrogen-bond donors (Lipinski definition) is 3. The second-order valence-electron chi connectivity index (χ2n) is 10.2. The Morgan fingerprint density at radius 3 is 2.51 bits per heavy atom. The van der Waals surface area contributed by atoms with Crippen molar-refractivity contribution in [1.82, 2.24) is 9.78 Å². The molecule has 5 rings (SSSR count). The number of aliphatic hydroxyl groups excluding tert-OH is 1. The molecule has 0 unspecified atom stereocenters. The van der Waals surface area contributed by atoms with Gasteiger partial charge in [0.2, 0.25) is 10.0 Å². The normalized spacial score (nSPS) is 19.5. The molecule has 1 amide bonds. The molecule has 11 nitrogen and oxygen atoms in total. The van der Waals surface area contributed by atoms with Crippen LogP contribution in [0.1, 0.15) is 54.9 Å². The maximum absolute atomic E-state index is 13.4. The maximum Gasteiger partial charge on any atom is 0.267 e. The Balaban J connectivity index is 1.40. The van der Waals surface area contributed by atoms with Gasteiger partial charge in [0.15, 0.2) is 5.82 Å². The SMILES string of the molecule is O=C(Nc1ccc(=O)n(C2CCOCC2)n1)c1ccc(NS(=O)(=O)CCO)cc1N1CCC2(CC1)CC2. The number of aliphatic hydroxyl groups is 1. The minimum Gasteiger partial charge on any atom is -0.395 e. The lowest BCUT2D eigenvalue weighted by Gasteiger charge is -2.35. The van der Waals surface area contributed by atoms with E-state index >= 15 is 0 Å². The fraction of sp³-hybridized carbons (Fsp3) is 0.560. The van der Waals surface area contributed by atoms with Crippen molar-refractivity contribution in [2.24, 2.45) is 5.41 Å². The first-order valence-corrected chi connectivity index (χ1v) is 14.4. The van der Waals surface area contributed by atoms with E-state index < -0.39 is 28.3 Å². The van der Waals surface area contributed by atoms with Crippen molar-refractivity contribution >= 4 is 33.1 Å². The molecule has 1 aromatic carbocycles. The van der Waals surface area contributed by atoms with Crippen LogP contribution < -0.4 is 20.5 Å². The highest BCUT2D eigenvalue weighted by Crippen LogP contribution is 2.54. The summed E-state index contributed by atoms with van der Waals surface area (Å²) in [7, 11) is -3.71. The number of carbonyl (C=O) groups is 1. The number of rotatable bonds is 8. The third kappa shape index (κ3) is 5.97. The molecule has 3 fully saturated rings. The molecule has 2 aliphatic heterocycles. The molecule has 0 bridgehead atoms. The minimum atomic E-state index is -3.71. The number of piperidine rings is 1. The Kier molecular flexibility index (Phi) is 7.24. The standard InChI is InChI=1S/C25H33N5O6S/c31-13-16-37(34,35)28-18-1-2-20(21(17-18)29-11-9-25(7-8-25)10-12-29)24(33)26-22-3-4-23(32)30(27-22)19-5-14-36-15-6-19/h1-4,17,19,28,31H,5-16H2,(H,26,27,33). The van der Waals surface area contributed by atoms with E-state index in [4.69, 9.17) is 9.84 Å². The van der Waals surface area contributed by atoms with Crippen molar-refractivity contribution in [1.29, 1.82) is 0 Å². The van der Waals surface area contributed by atoms with Crippen molar-refractivity contribution in [2.45, 2.75) is 44.6 Å². The van der Waals surface area contributed by atoms with E-state index in [-0.39, 0.29) is 17.4 Å². The van der Waals surface area contributed by atoms with E-state index in [1.165, 1.54) is 35.7 Å². The monoisotopic (exact) mass is 531 g/mol. The van der Waals surface area contributed by atoms with Crippen LogP contribution in [0.3, 0.4) is 0 Å². The lowest BCUT2D eigenvalue weighted by molar-refractivity contribution is 0.0649. The van der Waals surface area contributed by atoms with Crippen LogP contribution in [0, 0.1) is 5.41 Å². The van der Waals surface area contributed by atoms with Gasteiger partial charge in [0, 0.05) is 32.4 Å². The molecule has 1 aromatic heterocycles. The molecule has 1 aliphatic carbocycles. The number of anilines is 3. The largest absolute Gasteiger partial charge is 0.395 e. The van der Waals surface area contributed by atoms with Gasteiger partial charge in [-0.25, -0.2) is 13.1 Å². The lowest BCUT2D eigenvalue weighted by Crippen LogP contribution is -2.36. The third-order valence-corrected chi connectivity index (χ3v) is 8.87. The second-order valence-corrected chi connectivity index (χ2v) is 12.0. The number of amides is 1. The summed E-state index contributed by atoms with van der Waals surface area (Å²) >= 11 is 0. The fourth-order valence-electron chi connectivity index (χ4n) is 5.17. The number of aromatic nitrogens is 2. The molecule has 2 aromatic rings. The summed E-state index contributed by atoms with van der Waals surface area (Å²) in [5.41, 5.74) is 1.56. The summed E-state index contributed by atoms with van der Waals surface area (Å²) in [6.07, 6.45) is 5.91. The van der Waals surface area contributed by atoms with E-state index in [0.717, 1.165) is 25.9 Å². The van der Waals surface area contributed by atoms with Gasteiger partial charge < -0.3 is 20.1 Å². The highest BCUT2D eigenvalue weighted by Gasteiger charge is 2.44. The summed E-state index contributed by atoms with van der Waals surface area (Å²) < 4.78 is 33.7. The van der Waals surface area contributed by atoms with Crippen molar-refractivity contribution < 1.29 is 23.1 Å². The molecule has 200 valence electrons. The van der Waals surface area contributed by atoms with E-state index in [2.05, 4.69) is 20.0 Å². The summed E-state index contributed by atoms with van der Waals surface area (Å²) in [6, 6.07) is 7.62. The first-order chi connectivity index (χ1) is 17.8. The van der Waals surface area contributed by atoms with Gasteiger partial charge in [0.1, 0.15) is 0 Å². The minimum absolute atomic E-state index is 0.0806. The molecule has 12 heteroatoms. The van der Waals surface area contributed by atoms with Gasteiger partial charge >= 0.3 is 0 Å². The predicted molar refractivity (Wildman–Crippen MR) is 140 cm³/mol. The van der Waals surface area contributed by atoms with Gasteiger partial charge in [-0.15, -0.1) is 0 Å². The van der Waals surface area contributed by atoms with Crippen molar-refractivity contribution in [3.05, 3.63) is 46.2 Å². The van der Waals surface area contributed by atoms with Crippen LogP contribution in [0.15, 0.2) is 35.1 Å². The quantitative estimate of drug-likeness (QED) is 0.469. The molecule has 0 radical (unpaired) electrons. The smallest absolute Gasteiger partial charge is 0.267 e. The van der Waals surface area contributed by atoms with Crippen LogP contribution in [-0.2, 0) is 14.8 Å². The topological polar surface area (TPSA) is 143 Å².